The molecule has 0 radical (unpaired) electrons. The smallest absolute Gasteiger partial charge is 0.191 e. The van der Waals surface area contributed by atoms with Gasteiger partial charge in [-0.3, -0.25) is 4.99 Å². The van der Waals surface area contributed by atoms with Crippen molar-refractivity contribution in [3.8, 4) is 5.75 Å². The molecule has 124 valence electrons. The molecule has 0 amide bonds. The Morgan fingerprint density at radius 3 is 3.00 bits per heavy atom. The second kappa shape index (κ2) is 8.76. The standard InChI is InChI=1S/C16H21N5O.HI/c1-17-16(19-7-9-21-8-6-18-12-21)20-11-14-10-13-4-2-3-5-15(13)22-14;/h2-6,8,12,14H,7,9-11H2,1H3,(H2,17,19,20);1H. The van der Waals surface area contributed by atoms with Gasteiger partial charge in [0.05, 0.1) is 12.9 Å². The molecular formula is C16H22IN5O. The zero-order chi connectivity index (χ0) is 15.2. The van der Waals surface area contributed by atoms with Crippen LogP contribution in [0.4, 0.5) is 0 Å². The largest absolute Gasteiger partial charge is 0.488 e. The fraction of sp³-hybridized carbons (Fsp3) is 0.375. The highest BCUT2D eigenvalue weighted by Crippen LogP contribution is 2.27. The average molecular weight is 427 g/mol. The Morgan fingerprint density at radius 2 is 2.26 bits per heavy atom. The number of guanidine groups is 1. The van der Waals surface area contributed by atoms with Crippen LogP contribution < -0.4 is 15.4 Å². The number of hydrogen-bond donors (Lipinski definition) is 2. The van der Waals surface area contributed by atoms with Crippen molar-refractivity contribution >= 4 is 29.9 Å². The highest BCUT2D eigenvalue weighted by Gasteiger charge is 2.22. The molecule has 1 aliphatic rings. The van der Waals surface area contributed by atoms with Gasteiger partial charge in [0.2, 0.25) is 0 Å². The van der Waals surface area contributed by atoms with Crippen LogP contribution in [-0.2, 0) is 13.0 Å². The normalized spacial score (nSPS) is 16.2. The first kappa shape index (κ1) is 17.6. The van der Waals surface area contributed by atoms with Crippen molar-refractivity contribution in [1.29, 1.82) is 0 Å². The Morgan fingerprint density at radius 1 is 1.39 bits per heavy atom. The summed E-state index contributed by atoms with van der Waals surface area (Å²) in [5.74, 6) is 1.79. The first-order valence-corrected chi connectivity index (χ1v) is 7.50. The van der Waals surface area contributed by atoms with Crippen LogP contribution in [0.5, 0.6) is 5.75 Å². The van der Waals surface area contributed by atoms with Crippen molar-refractivity contribution in [2.24, 2.45) is 4.99 Å². The lowest BCUT2D eigenvalue weighted by Crippen LogP contribution is -2.43. The van der Waals surface area contributed by atoms with E-state index in [4.69, 9.17) is 4.74 Å². The molecule has 1 aliphatic heterocycles. The summed E-state index contributed by atoms with van der Waals surface area (Å²) in [4.78, 5) is 8.25. The third-order valence-corrected chi connectivity index (χ3v) is 3.66. The Labute approximate surface area is 153 Å². The molecule has 2 aromatic rings. The predicted molar refractivity (Wildman–Crippen MR) is 102 cm³/mol. The second-order valence-electron chi connectivity index (χ2n) is 5.23. The van der Waals surface area contributed by atoms with Crippen LogP contribution >= 0.6 is 24.0 Å². The molecule has 0 aliphatic carbocycles. The number of rotatable bonds is 5. The summed E-state index contributed by atoms with van der Waals surface area (Å²) in [5.41, 5.74) is 1.28. The van der Waals surface area contributed by atoms with Gasteiger partial charge in [-0.25, -0.2) is 4.98 Å². The van der Waals surface area contributed by atoms with E-state index < -0.39 is 0 Å². The van der Waals surface area contributed by atoms with Gasteiger partial charge in [0.1, 0.15) is 11.9 Å². The van der Waals surface area contributed by atoms with Crippen molar-refractivity contribution in [1.82, 2.24) is 20.2 Å². The summed E-state index contributed by atoms with van der Waals surface area (Å²) < 4.78 is 7.93. The third-order valence-electron chi connectivity index (χ3n) is 3.66. The summed E-state index contributed by atoms with van der Waals surface area (Å²) in [6.07, 6.45) is 6.63. The Hall–Kier alpha value is -1.77. The minimum absolute atomic E-state index is 0. The van der Waals surface area contributed by atoms with Crippen LogP contribution in [0.25, 0.3) is 0 Å². The van der Waals surface area contributed by atoms with E-state index in [2.05, 4.69) is 32.7 Å². The summed E-state index contributed by atoms with van der Waals surface area (Å²) >= 11 is 0. The van der Waals surface area contributed by atoms with Gasteiger partial charge in [0, 0.05) is 39.0 Å². The summed E-state index contributed by atoms with van der Waals surface area (Å²) in [6, 6.07) is 8.20. The van der Waals surface area contributed by atoms with Gasteiger partial charge >= 0.3 is 0 Å². The molecule has 0 saturated heterocycles. The van der Waals surface area contributed by atoms with Gasteiger partial charge in [0.25, 0.3) is 0 Å². The predicted octanol–water partition coefficient (Wildman–Crippen LogP) is 1.67. The molecule has 1 aromatic heterocycles. The molecule has 0 fully saturated rings. The summed E-state index contributed by atoms with van der Waals surface area (Å²) in [6.45, 7) is 2.38. The first-order chi connectivity index (χ1) is 10.8. The lowest BCUT2D eigenvalue weighted by molar-refractivity contribution is 0.235. The van der Waals surface area contributed by atoms with Crippen molar-refractivity contribution in [2.45, 2.75) is 19.1 Å². The molecule has 2 heterocycles. The maximum Gasteiger partial charge on any atom is 0.191 e. The maximum absolute atomic E-state index is 5.91. The van der Waals surface area contributed by atoms with Crippen molar-refractivity contribution < 1.29 is 4.74 Å². The third kappa shape index (κ3) is 4.85. The van der Waals surface area contributed by atoms with Crippen molar-refractivity contribution in [3.05, 3.63) is 48.5 Å². The van der Waals surface area contributed by atoms with E-state index in [9.17, 15) is 0 Å². The number of halogens is 1. The van der Waals surface area contributed by atoms with Crippen molar-refractivity contribution in [2.75, 3.05) is 20.1 Å². The van der Waals surface area contributed by atoms with E-state index in [0.29, 0.717) is 0 Å². The maximum atomic E-state index is 5.91. The number of aromatic nitrogens is 2. The van der Waals surface area contributed by atoms with E-state index >= 15 is 0 Å². The molecule has 0 spiro atoms. The van der Waals surface area contributed by atoms with Crippen LogP contribution in [0.15, 0.2) is 48.0 Å². The molecule has 0 saturated carbocycles. The molecule has 3 rings (SSSR count). The van der Waals surface area contributed by atoms with Crippen LogP contribution in [0.3, 0.4) is 0 Å². The van der Waals surface area contributed by atoms with E-state index in [-0.39, 0.29) is 30.1 Å². The molecule has 1 atom stereocenters. The molecule has 1 aromatic carbocycles. The summed E-state index contributed by atoms with van der Waals surface area (Å²) in [7, 11) is 1.77. The van der Waals surface area contributed by atoms with Gasteiger partial charge in [-0.2, -0.15) is 0 Å². The van der Waals surface area contributed by atoms with Crippen LogP contribution in [0.2, 0.25) is 0 Å². The van der Waals surface area contributed by atoms with Gasteiger partial charge in [-0.05, 0) is 11.6 Å². The number of fused-ring (bicyclic) bond motifs is 1. The Kier molecular flexibility index (Phi) is 6.69. The number of imidazole rings is 1. The monoisotopic (exact) mass is 427 g/mol. The van der Waals surface area contributed by atoms with Crippen LogP contribution in [-0.4, -0.2) is 41.8 Å². The highest BCUT2D eigenvalue weighted by atomic mass is 127. The minimum Gasteiger partial charge on any atom is -0.488 e. The van der Waals surface area contributed by atoms with Crippen LogP contribution in [0, 0.1) is 0 Å². The molecule has 2 N–H and O–H groups in total. The zero-order valence-electron chi connectivity index (χ0n) is 13.1. The second-order valence-corrected chi connectivity index (χ2v) is 5.23. The van der Waals surface area contributed by atoms with Gasteiger partial charge in [-0.15, -0.1) is 24.0 Å². The number of hydrogen-bond acceptors (Lipinski definition) is 3. The molecule has 7 heteroatoms. The highest BCUT2D eigenvalue weighted by molar-refractivity contribution is 14.0. The fourth-order valence-corrected chi connectivity index (χ4v) is 2.52. The Bertz CT molecular complexity index is 604. The number of nitrogens with zero attached hydrogens (tertiary/aromatic N) is 3. The lowest BCUT2D eigenvalue weighted by atomic mass is 10.1. The van der Waals surface area contributed by atoms with Gasteiger partial charge < -0.3 is 19.9 Å². The summed E-state index contributed by atoms with van der Waals surface area (Å²) in [5, 5.41) is 6.60. The molecule has 1 unspecified atom stereocenters. The first-order valence-electron chi connectivity index (χ1n) is 7.50. The SMILES string of the molecule is CN=C(NCCn1ccnc1)NCC1Cc2ccccc2O1.I. The van der Waals surface area contributed by atoms with E-state index in [1.54, 1.807) is 13.2 Å². The molecule has 23 heavy (non-hydrogen) atoms. The number of benzene rings is 1. The van der Waals surface area contributed by atoms with Gasteiger partial charge in [0.15, 0.2) is 5.96 Å². The molecule has 0 bridgehead atoms. The number of ether oxygens (including phenoxy) is 1. The van der Waals surface area contributed by atoms with Gasteiger partial charge in [-0.1, -0.05) is 18.2 Å². The minimum atomic E-state index is 0. The fourth-order valence-electron chi connectivity index (χ4n) is 2.52. The van der Waals surface area contributed by atoms with E-state index in [1.165, 1.54) is 5.56 Å². The number of para-hydroxylation sites is 1. The van der Waals surface area contributed by atoms with Crippen LogP contribution in [0.1, 0.15) is 5.56 Å². The number of aliphatic imine (C=N–C) groups is 1. The topological polar surface area (TPSA) is 63.5 Å². The zero-order valence-corrected chi connectivity index (χ0v) is 15.4. The quantitative estimate of drug-likeness (QED) is 0.433. The van der Waals surface area contributed by atoms with E-state index in [1.807, 2.05) is 29.2 Å². The average Bonchev–Trinajstić information content (AvgIpc) is 3.19. The number of nitrogens with one attached hydrogen (secondary N) is 2. The molecular weight excluding hydrogens is 405 g/mol. The lowest BCUT2D eigenvalue weighted by Gasteiger charge is -2.15. The Balaban J connectivity index is 0.00000192. The van der Waals surface area contributed by atoms with Crippen molar-refractivity contribution in [3.63, 3.8) is 0 Å². The molecule has 6 nitrogen and oxygen atoms in total. The van der Waals surface area contributed by atoms with E-state index in [0.717, 1.165) is 37.8 Å².